The molecular formula is C20H21N5O2. The summed E-state index contributed by atoms with van der Waals surface area (Å²) in [7, 11) is 0. The van der Waals surface area contributed by atoms with E-state index in [4.69, 9.17) is 10.5 Å². The minimum absolute atomic E-state index is 0.0528. The number of nitrogens with zero attached hydrogens (tertiary/aromatic N) is 3. The molecule has 138 valence electrons. The Morgan fingerprint density at radius 3 is 2.30 bits per heavy atom. The molecule has 3 rings (SSSR count). The van der Waals surface area contributed by atoms with Gasteiger partial charge in [-0.25, -0.2) is 4.79 Å². The van der Waals surface area contributed by atoms with Gasteiger partial charge in [-0.3, -0.25) is 0 Å². The highest BCUT2D eigenvalue weighted by atomic mass is 16.5. The van der Waals surface area contributed by atoms with Gasteiger partial charge in [0.1, 0.15) is 0 Å². The molecule has 0 amide bonds. The fourth-order valence-electron chi connectivity index (χ4n) is 2.63. The number of anilines is 3. The molecule has 0 aliphatic carbocycles. The quantitative estimate of drug-likeness (QED) is 0.669. The fraction of sp³-hybridized carbons (Fsp3) is 0.200. The monoisotopic (exact) mass is 363 g/mol. The zero-order chi connectivity index (χ0) is 19.4. The van der Waals surface area contributed by atoms with E-state index in [0.717, 1.165) is 22.4 Å². The molecule has 3 N–H and O–H groups in total. The average molecular weight is 363 g/mol. The Kier molecular flexibility index (Phi) is 5.30. The lowest BCUT2D eigenvalue weighted by molar-refractivity contribution is 0.0462. The molecule has 1 aromatic heterocycles. The van der Waals surface area contributed by atoms with E-state index < -0.39 is 5.97 Å². The summed E-state index contributed by atoms with van der Waals surface area (Å²) in [4.78, 5) is 24.6. The van der Waals surface area contributed by atoms with E-state index in [-0.39, 0.29) is 18.4 Å². The van der Waals surface area contributed by atoms with Crippen molar-refractivity contribution in [2.45, 2.75) is 27.4 Å². The molecule has 0 aliphatic heterocycles. The van der Waals surface area contributed by atoms with Crippen LogP contribution in [0, 0.1) is 20.8 Å². The molecule has 0 spiro atoms. The van der Waals surface area contributed by atoms with Gasteiger partial charge in [0.2, 0.25) is 11.9 Å². The molecule has 7 nitrogen and oxygen atoms in total. The highest BCUT2D eigenvalue weighted by Crippen LogP contribution is 2.15. The van der Waals surface area contributed by atoms with Crippen molar-refractivity contribution >= 4 is 23.6 Å². The number of hydrogen-bond donors (Lipinski definition) is 2. The number of nitrogens with one attached hydrogen (secondary N) is 1. The number of nitrogen functional groups attached to an aromatic ring is 1. The molecule has 0 bridgehead atoms. The summed E-state index contributed by atoms with van der Waals surface area (Å²) in [6, 6.07) is 13.3. The van der Waals surface area contributed by atoms with Crippen molar-refractivity contribution in [3.05, 3.63) is 70.5 Å². The number of nitrogens with two attached hydrogens (primary N) is 1. The van der Waals surface area contributed by atoms with Gasteiger partial charge >= 0.3 is 5.97 Å². The summed E-state index contributed by atoms with van der Waals surface area (Å²) in [5.74, 6) is 0.185. The van der Waals surface area contributed by atoms with Crippen LogP contribution in [0.4, 0.5) is 17.6 Å². The van der Waals surface area contributed by atoms with Gasteiger partial charge in [0, 0.05) is 5.69 Å². The molecule has 3 aromatic rings. The maximum absolute atomic E-state index is 12.3. The summed E-state index contributed by atoms with van der Waals surface area (Å²) in [6.07, 6.45) is 0. The smallest absolute Gasteiger partial charge is 0.338 e. The highest BCUT2D eigenvalue weighted by molar-refractivity contribution is 5.89. The molecular weight excluding hydrogens is 342 g/mol. The number of rotatable bonds is 5. The van der Waals surface area contributed by atoms with Crippen LogP contribution in [0.5, 0.6) is 0 Å². The zero-order valence-electron chi connectivity index (χ0n) is 15.5. The Bertz CT molecular complexity index is 950. The number of ether oxygens (including phenoxy) is 1. The largest absolute Gasteiger partial charge is 0.454 e. The van der Waals surface area contributed by atoms with Crippen molar-refractivity contribution < 1.29 is 9.53 Å². The van der Waals surface area contributed by atoms with Gasteiger partial charge in [-0.1, -0.05) is 34.9 Å². The molecule has 2 aromatic carbocycles. The van der Waals surface area contributed by atoms with Crippen LogP contribution in [-0.4, -0.2) is 20.9 Å². The van der Waals surface area contributed by atoms with E-state index in [0.29, 0.717) is 11.5 Å². The van der Waals surface area contributed by atoms with Crippen LogP contribution in [0.1, 0.15) is 32.9 Å². The van der Waals surface area contributed by atoms with Crippen LogP contribution in [0.15, 0.2) is 42.5 Å². The number of benzene rings is 2. The van der Waals surface area contributed by atoms with Crippen LogP contribution in [0.3, 0.4) is 0 Å². The van der Waals surface area contributed by atoms with Gasteiger partial charge in [0.05, 0.1) is 5.56 Å². The van der Waals surface area contributed by atoms with Gasteiger partial charge in [0.15, 0.2) is 12.4 Å². The Hall–Kier alpha value is -3.48. The van der Waals surface area contributed by atoms with E-state index >= 15 is 0 Å². The molecule has 27 heavy (non-hydrogen) atoms. The summed E-state index contributed by atoms with van der Waals surface area (Å²) >= 11 is 0. The van der Waals surface area contributed by atoms with E-state index in [1.165, 1.54) is 0 Å². The Morgan fingerprint density at radius 2 is 1.63 bits per heavy atom. The van der Waals surface area contributed by atoms with Crippen LogP contribution >= 0.6 is 0 Å². The highest BCUT2D eigenvalue weighted by Gasteiger charge is 2.11. The normalized spacial score (nSPS) is 10.5. The third kappa shape index (κ3) is 5.01. The van der Waals surface area contributed by atoms with E-state index in [1.54, 1.807) is 12.1 Å². The molecule has 0 saturated heterocycles. The second kappa shape index (κ2) is 7.82. The number of esters is 1. The minimum atomic E-state index is -0.436. The Balaban J connectivity index is 1.70. The predicted molar refractivity (Wildman–Crippen MR) is 104 cm³/mol. The lowest BCUT2D eigenvalue weighted by Gasteiger charge is -2.09. The topological polar surface area (TPSA) is 103 Å². The van der Waals surface area contributed by atoms with Crippen molar-refractivity contribution in [3.8, 4) is 0 Å². The van der Waals surface area contributed by atoms with E-state index in [9.17, 15) is 4.79 Å². The third-order valence-corrected chi connectivity index (χ3v) is 3.80. The second-order valence-electron chi connectivity index (χ2n) is 6.38. The third-order valence-electron chi connectivity index (χ3n) is 3.80. The molecule has 7 heteroatoms. The standard InChI is InChI=1S/C20H21N5O2/c1-12-4-6-16(7-5-12)22-20-24-17(23-19(21)25-20)11-27-18(26)15-9-13(2)8-14(3)10-15/h4-10H,11H2,1-3H3,(H3,21,22,23,24,25). The summed E-state index contributed by atoms with van der Waals surface area (Å²) in [5.41, 5.74) is 10.2. The molecule has 0 saturated carbocycles. The van der Waals surface area contributed by atoms with Gasteiger partial charge in [0.25, 0.3) is 0 Å². The Morgan fingerprint density at radius 1 is 0.963 bits per heavy atom. The van der Waals surface area contributed by atoms with Crippen LogP contribution in [-0.2, 0) is 11.3 Å². The maximum Gasteiger partial charge on any atom is 0.338 e. The first kappa shape index (κ1) is 18.3. The maximum atomic E-state index is 12.3. The van der Waals surface area contributed by atoms with E-state index in [2.05, 4.69) is 20.3 Å². The van der Waals surface area contributed by atoms with Crippen LogP contribution in [0.2, 0.25) is 0 Å². The molecule has 0 unspecified atom stereocenters. The van der Waals surface area contributed by atoms with Gasteiger partial charge < -0.3 is 15.8 Å². The van der Waals surface area contributed by atoms with Crippen LogP contribution < -0.4 is 11.1 Å². The molecule has 0 aliphatic rings. The number of hydrogen-bond acceptors (Lipinski definition) is 7. The van der Waals surface area contributed by atoms with Gasteiger partial charge in [-0.2, -0.15) is 15.0 Å². The lowest BCUT2D eigenvalue weighted by Crippen LogP contribution is -2.11. The minimum Gasteiger partial charge on any atom is -0.454 e. The average Bonchev–Trinajstić information content (AvgIpc) is 2.60. The number of carbonyl (C=O) groups is 1. The van der Waals surface area contributed by atoms with Crippen molar-refractivity contribution in [3.63, 3.8) is 0 Å². The lowest BCUT2D eigenvalue weighted by atomic mass is 10.1. The SMILES string of the molecule is Cc1ccc(Nc2nc(N)nc(COC(=O)c3cc(C)cc(C)c3)n2)cc1. The first-order chi connectivity index (χ1) is 12.9. The van der Waals surface area contributed by atoms with Gasteiger partial charge in [-0.05, 0) is 45.0 Å². The van der Waals surface area contributed by atoms with Crippen molar-refractivity contribution in [1.29, 1.82) is 0 Å². The number of aryl methyl sites for hydroxylation is 3. The van der Waals surface area contributed by atoms with E-state index in [1.807, 2.05) is 51.1 Å². The first-order valence-electron chi connectivity index (χ1n) is 8.48. The number of carbonyl (C=O) groups excluding carboxylic acids is 1. The van der Waals surface area contributed by atoms with Crippen molar-refractivity contribution in [1.82, 2.24) is 15.0 Å². The molecule has 1 heterocycles. The fourth-order valence-corrected chi connectivity index (χ4v) is 2.63. The van der Waals surface area contributed by atoms with Crippen LogP contribution in [0.25, 0.3) is 0 Å². The molecule has 0 radical (unpaired) electrons. The first-order valence-corrected chi connectivity index (χ1v) is 8.48. The Labute approximate surface area is 157 Å². The van der Waals surface area contributed by atoms with Crippen molar-refractivity contribution in [2.75, 3.05) is 11.1 Å². The predicted octanol–water partition coefficient (Wildman–Crippen LogP) is 3.48. The number of aromatic nitrogens is 3. The zero-order valence-corrected chi connectivity index (χ0v) is 15.5. The summed E-state index contributed by atoms with van der Waals surface area (Å²) < 4.78 is 5.33. The second-order valence-corrected chi connectivity index (χ2v) is 6.38. The van der Waals surface area contributed by atoms with Crippen molar-refractivity contribution in [2.24, 2.45) is 0 Å². The van der Waals surface area contributed by atoms with Gasteiger partial charge in [-0.15, -0.1) is 0 Å². The summed E-state index contributed by atoms with van der Waals surface area (Å²) in [6.45, 7) is 5.77. The molecule has 0 fully saturated rings. The summed E-state index contributed by atoms with van der Waals surface area (Å²) in [5, 5.41) is 3.06. The molecule has 0 atom stereocenters.